The molecule has 2 aromatic carbocycles. The fourth-order valence-electron chi connectivity index (χ4n) is 6.36. The van der Waals surface area contributed by atoms with Gasteiger partial charge in [0.25, 0.3) is 0 Å². The van der Waals surface area contributed by atoms with Crippen LogP contribution in [0.5, 0.6) is 0 Å². The fourth-order valence-corrected chi connectivity index (χ4v) is 6.36. The van der Waals surface area contributed by atoms with Crippen molar-refractivity contribution in [3.05, 3.63) is 77.4 Å². The van der Waals surface area contributed by atoms with Crippen molar-refractivity contribution in [2.75, 3.05) is 39.3 Å². The number of nitrogens with zero attached hydrogens (tertiary/aromatic N) is 2. The van der Waals surface area contributed by atoms with Crippen molar-refractivity contribution in [1.29, 1.82) is 0 Å². The van der Waals surface area contributed by atoms with Crippen LogP contribution in [-0.2, 0) is 14.3 Å². The van der Waals surface area contributed by atoms with E-state index in [2.05, 4.69) is 59.2 Å². The zero-order valence-corrected chi connectivity index (χ0v) is 25.5. The van der Waals surface area contributed by atoms with E-state index in [4.69, 9.17) is 9.47 Å². The number of alkyl carbamates (subject to hydrolysis) is 1. The number of hydrogen-bond acceptors (Lipinski definition) is 5. The highest BCUT2D eigenvalue weighted by molar-refractivity contribution is 5.79. The lowest BCUT2D eigenvalue weighted by Gasteiger charge is -2.44. The van der Waals surface area contributed by atoms with Crippen LogP contribution in [0.25, 0.3) is 6.08 Å². The van der Waals surface area contributed by atoms with Gasteiger partial charge in [0.1, 0.15) is 12.2 Å². The van der Waals surface area contributed by atoms with Crippen LogP contribution in [0.15, 0.2) is 60.7 Å². The van der Waals surface area contributed by atoms with Crippen LogP contribution >= 0.6 is 0 Å². The number of carbonyl (C=O) groups is 3. The van der Waals surface area contributed by atoms with Gasteiger partial charge in [-0.3, -0.25) is 4.79 Å². The molecular formula is C34H44N4O5. The Kier molecular flexibility index (Phi) is 9.70. The van der Waals surface area contributed by atoms with Crippen LogP contribution in [0.3, 0.4) is 0 Å². The monoisotopic (exact) mass is 588 g/mol. The molecule has 0 bridgehead atoms. The van der Waals surface area contributed by atoms with E-state index in [0.29, 0.717) is 38.6 Å². The van der Waals surface area contributed by atoms with E-state index in [1.165, 1.54) is 11.1 Å². The number of urea groups is 1. The first kappa shape index (κ1) is 30.6. The number of morpholine rings is 1. The van der Waals surface area contributed by atoms with Crippen LogP contribution in [0.4, 0.5) is 9.59 Å². The second kappa shape index (κ2) is 13.6. The summed E-state index contributed by atoms with van der Waals surface area (Å²) < 4.78 is 10.9. The molecule has 3 fully saturated rings. The van der Waals surface area contributed by atoms with Crippen molar-refractivity contribution >= 4 is 24.1 Å². The van der Waals surface area contributed by atoms with E-state index in [1.54, 1.807) is 0 Å². The van der Waals surface area contributed by atoms with Gasteiger partial charge in [0, 0.05) is 38.6 Å². The molecule has 4 amide bonds. The average molecular weight is 589 g/mol. The third kappa shape index (κ3) is 8.16. The molecule has 1 unspecified atom stereocenters. The molecule has 0 saturated carbocycles. The highest BCUT2D eigenvalue weighted by atomic mass is 16.6. The van der Waals surface area contributed by atoms with Gasteiger partial charge in [-0.15, -0.1) is 0 Å². The zero-order chi connectivity index (χ0) is 30.4. The molecule has 3 heterocycles. The Morgan fingerprint density at radius 1 is 1.00 bits per heavy atom. The maximum atomic E-state index is 13.4. The van der Waals surface area contributed by atoms with Crippen molar-refractivity contribution in [2.45, 2.75) is 63.7 Å². The minimum absolute atomic E-state index is 0.00473. The summed E-state index contributed by atoms with van der Waals surface area (Å²) in [6, 6.07) is 19.2. The van der Waals surface area contributed by atoms with Crippen molar-refractivity contribution in [3.63, 3.8) is 0 Å². The van der Waals surface area contributed by atoms with E-state index in [-0.39, 0.29) is 36.6 Å². The predicted molar refractivity (Wildman–Crippen MR) is 166 cm³/mol. The Labute approximate surface area is 254 Å². The molecule has 3 aliphatic rings. The summed E-state index contributed by atoms with van der Waals surface area (Å²) in [6.45, 7) is 8.61. The number of amides is 4. The Morgan fingerprint density at radius 2 is 1.67 bits per heavy atom. The van der Waals surface area contributed by atoms with Gasteiger partial charge in [0.2, 0.25) is 5.91 Å². The van der Waals surface area contributed by atoms with Gasteiger partial charge in [-0.05, 0) is 62.6 Å². The zero-order valence-electron chi connectivity index (χ0n) is 25.5. The summed E-state index contributed by atoms with van der Waals surface area (Å²) in [6.07, 6.45) is 6.06. The minimum Gasteiger partial charge on any atom is -0.444 e. The Morgan fingerprint density at radius 3 is 2.37 bits per heavy atom. The molecule has 9 heteroatoms. The van der Waals surface area contributed by atoms with E-state index in [0.717, 1.165) is 24.8 Å². The van der Waals surface area contributed by atoms with Crippen molar-refractivity contribution < 1.29 is 23.9 Å². The first-order valence-corrected chi connectivity index (χ1v) is 15.4. The standard InChI is InChI=1S/C34H44N4O5/c1-34(2,3)43-32(40)35-18-7-8-24-11-13-26(14-12-24)31(25-9-5-4-6-10-25)27-15-19-37(20-16-27)33(41)38-21-17-29-28(22-38)36-30(39)23-42-29/h4-14,27-29,31H,15-23H2,1-3H3,(H,35,40)(H,36,39)/b8-7+/t28-,29+,31?/m1/s1. The first-order valence-electron chi connectivity index (χ1n) is 15.4. The molecule has 9 nitrogen and oxygen atoms in total. The summed E-state index contributed by atoms with van der Waals surface area (Å²) in [5.41, 5.74) is 3.08. The number of fused-ring (bicyclic) bond motifs is 1. The average Bonchev–Trinajstić information content (AvgIpc) is 2.99. The summed E-state index contributed by atoms with van der Waals surface area (Å²) in [7, 11) is 0. The molecule has 0 spiro atoms. The number of carbonyl (C=O) groups excluding carboxylic acids is 3. The Bertz CT molecular complexity index is 1280. The fraction of sp³-hybridized carbons (Fsp3) is 0.500. The first-order chi connectivity index (χ1) is 20.7. The van der Waals surface area contributed by atoms with Gasteiger partial charge in [0.15, 0.2) is 0 Å². The lowest BCUT2D eigenvalue weighted by atomic mass is 9.76. The molecule has 5 rings (SSSR count). The topological polar surface area (TPSA) is 100 Å². The molecule has 0 aliphatic carbocycles. The number of likely N-dealkylation sites (tertiary alicyclic amines) is 2. The molecule has 3 aliphatic heterocycles. The number of benzene rings is 2. The van der Waals surface area contributed by atoms with Gasteiger partial charge in [-0.1, -0.05) is 66.7 Å². The predicted octanol–water partition coefficient (Wildman–Crippen LogP) is 4.78. The number of hydrogen-bond donors (Lipinski definition) is 2. The van der Waals surface area contributed by atoms with Gasteiger partial charge in [0.05, 0.1) is 12.1 Å². The number of ether oxygens (including phenoxy) is 2. The molecular weight excluding hydrogens is 544 g/mol. The molecule has 230 valence electrons. The molecule has 0 radical (unpaired) electrons. The molecule has 43 heavy (non-hydrogen) atoms. The lowest BCUT2D eigenvalue weighted by Crippen LogP contribution is -2.62. The highest BCUT2D eigenvalue weighted by Crippen LogP contribution is 2.38. The quantitative estimate of drug-likeness (QED) is 0.506. The van der Waals surface area contributed by atoms with Crippen LogP contribution in [0.1, 0.15) is 62.6 Å². The summed E-state index contributed by atoms with van der Waals surface area (Å²) in [4.78, 5) is 40.9. The number of rotatable bonds is 6. The van der Waals surface area contributed by atoms with Gasteiger partial charge in [-0.25, -0.2) is 9.59 Å². The van der Waals surface area contributed by atoms with Crippen molar-refractivity contribution in [1.82, 2.24) is 20.4 Å². The second-order valence-corrected chi connectivity index (χ2v) is 12.7. The van der Waals surface area contributed by atoms with Crippen LogP contribution in [0.2, 0.25) is 0 Å². The number of piperidine rings is 2. The number of nitrogens with one attached hydrogen (secondary N) is 2. The third-order valence-corrected chi connectivity index (χ3v) is 8.40. The second-order valence-electron chi connectivity index (χ2n) is 12.7. The van der Waals surface area contributed by atoms with Gasteiger partial charge >= 0.3 is 12.1 Å². The largest absolute Gasteiger partial charge is 0.444 e. The normalized spacial score (nSPS) is 22.1. The van der Waals surface area contributed by atoms with E-state index in [1.807, 2.05) is 48.8 Å². The summed E-state index contributed by atoms with van der Waals surface area (Å²) in [5, 5.41) is 5.74. The van der Waals surface area contributed by atoms with Gasteiger partial charge in [-0.2, -0.15) is 0 Å². The smallest absolute Gasteiger partial charge is 0.407 e. The van der Waals surface area contributed by atoms with Crippen LogP contribution in [-0.4, -0.2) is 84.9 Å². The summed E-state index contributed by atoms with van der Waals surface area (Å²) >= 11 is 0. The van der Waals surface area contributed by atoms with Crippen LogP contribution in [0, 0.1) is 5.92 Å². The molecule has 2 N–H and O–H groups in total. The maximum absolute atomic E-state index is 13.4. The SMILES string of the molecule is CC(C)(C)OC(=O)NC/C=C/c1ccc(C(c2ccccc2)C2CCN(C(=O)N3CC[C@@H]4OCC(=O)N[C@@H]4C3)CC2)cc1. The van der Waals surface area contributed by atoms with Crippen molar-refractivity contribution in [2.24, 2.45) is 5.92 Å². The Hall–Kier alpha value is -3.85. The molecule has 3 saturated heterocycles. The molecule has 0 aromatic heterocycles. The lowest BCUT2D eigenvalue weighted by molar-refractivity contribution is -0.139. The Balaban J connectivity index is 1.19. The third-order valence-electron chi connectivity index (χ3n) is 8.40. The van der Waals surface area contributed by atoms with E-state index < -0.39 is 11.7 Å². The summed E-state index contributed by atoms with van der Waals surface area (Å²) in [5.74, 6) is 0.529. The minimum atomic E-state index is -0.520. The van der Waals surface area contributed by atoms with E-state index in [9.17, 15) is 14.4 Å². The maximum Gasteiger partial charge on any atom is 0.407 e. The van der Waals surface area contributed by atoms with Crippen molar-refractivity contribution in [3.8, 4) is 0 Å². The highest BCUT2D eigenvalue weighted by Gasteiger charge is 2.38. The van der Waals surface area contributed by atoms with E-state index >= 15 is 0 Å². The molecule has 3 atom stereocenters. The van der Waals surface area contributed by atoms with Gasteiger partial charge < -0.3 is 29.9 Å². The van der Waals surface area contributed by atoms with Crippen LogP contribution < -0.4 is 10.6 Å². The molecule has 2 aromatic rings.